The molecular formula is C16H20FN3O3S2. The fraction of sp³-hybridized carbons (Fsp3) is 0.375. The maximum atomic E-state index is 13.4. The van der Waals surface area contributed by atoms with Crippen molar-refractivity contribution in [3.05, 3.63) is 46.2 Å². The highest BCUT2D eigenvalue weighted by Crippen LogP contribution is 2.20. The molecule has 0 aliphatic rings. The van der Waals surface area contributed by atoms with Gasteiger partial charge < -0.3 is 5.32 Å². The van der Waals surface area contributed by atoms with Gasteiger partial charge in [-0.3, -0.25) is 9.10 Å². The molecule has 1 N–H and O–H groups in total. The van der Waals surface area contributed by atoms with Crippen LogP contribution < -0.4 is 9.62 Å². The van der Waals surface area contributed by atoms with Crippen molar-refractivity contribution in [2.75, 3.05) is 23.7 Å². The van der Waals surface area contributed by atoms with Gasteiger partial charge in [0.15, 0.2) is 0 Å². The number of sulfonamides is 1. The Kier molecular flexibility index (Phi) is 6.12. The van der Waals surface area contributed by atoms with E-state index in [9.17, 15) is 17.6 Å². The third-order valence-corrected chi connectivity index (χ3v) is 5.78. The van der Waals surface area contributed by atoms with E-state index in [0.717, 1.165) is 27.3 Å². The van der Waals surface area contributed by atoms with E-state index < -0.39 is 28.3 Å². The summed E-state index contributed by atoms with van der Waals surface area (Å²) >= 11 is 1.52. The number of hydrogen-bond acceptors (Lipinski definition) is 5. The normalized spacial score (nSPS) is 12.6. The zero-order valence-corrected chi connectivity index (χ0v) is 15.8. The van der Waals surface area contributed by atoms with Gasteiger partial charge in [-0.25, -0.2) is 17.8 Å². The van der Waals surface area contributed by atoms with Gasteiger partial charge in [0.25, 0.3) is 0 Å². The molecule has 0 spiro atoms. The van der Waals surface area contributed by atoms with E-state index >= 15 is 0 Å². The van der Waals surface area contributed by atoms with Gasteiger partial charge in [-0.2, -0.15) is 0 Å². The van der Waals surface area contributed by atoms with Gasteiger partial charge in [-0.05, 0) is 25.1 Å². The van der Waals surface area contributed by atoms with E-state index in [-0.39, 0.29) is 11.6 Å². The van der Waals surface area contributed by atoms with Gasteiger partial charge in [-0.15, -0.1) is 11.3 Å². The first-order valence-electron chi connectivity index (χ1n) is 7.59. The molecule has 0 saturated heterocycles. The summed E-state index contributed by atoms with van der Waals surface area (Å²) in [4.78, 5) is 16.5. The molecule has 0 radical (unpaired) electrons. The van der Waals surface area contributed by atoms with Crippen molar-refractivity contribution in [3.8, 4) is 0 Å². The zero-order chi connectivity index (χ0) is 18.6. The molecule has 1 heterocycles. The van der Waals surface area contributed by atoms with E-state index in [1.54, 1.807) is 0 Å². The van der Waals surface area contributed by atoms with Crippen LogP contribution in [-0.4, -0.2) is 38.7 Å². The van der Waals surface area contributed by atoms with Crippen molar-refractivity contribution in [1.82, 2.24) is 10.3 Å². The number of aromatic nitrogens is 1. The Hall–Kier alpha value is -2.00. The number of hydrogen-bond donors (Lipinski definition) is 1. The summed E-state index contributed by atoms with van der Waals surface area (Å²) in [5.41, 5.74) is 1.04. The number of aryl methyl sites for hydroxylation is 1. The van der Waals surface area contributed by atoms with Crippen LogP contribution in [0.3, 0.4) is 0 Å². The Bertz CT molecular complexity index is 852. The Labute approximate surface area is 150 Å². The second-order valence-corrected chi connectivity index (χ2v) is 8.58. The molecule has 0 fully saturated rings. The minimum atomic E-state index is -3.72. The molecule has 1 aromatic carbocycles. The van der Waals surface area contributed by atoms with Crippen LogP contribution in [0.25, 0.3) is 0 Å². The van der Waals surface area contributed by atoms with Crippen LogP contribution in [0.5, 0.6) is 0 Å². The number of amides is 1. The largest absolute Gasteiger partial charge is 0.354 e. The average Bonchev–Trinajstić information content (AvgIpc) is 2.95. The SMILES string of the molecule is Cc1csc([C@@H](C)CNC(=O)CN(c2cccc(F)c2)S(C)(=O)=O)n1. The number of benzene rings is 1. The van der Waals surface area contributed by atoms with Crippen molar-refractivity contribution >= 4 is 33.0 Å². The van der Waals surface area contributed by atoms with Gasteiger partial charge in [0.05, 0.1) is 17.0 Å². The lowest BCUT2D eigenvalue weighted by molar-refractivity contribution is -0.119. The summed E-state index contributed by atoms with van der Waals surface area (Å²) in [6.07, 6.45) is 0.978. The molecule has 2 aromatic rings. The van der Waals surface area contributed by atoms with E-state index in [1.807, 2.05) is 19.2 Å². The van der Waals surface area contributed by atoms with Gasteiger partial charge >= 0.3 is 0 Å². The summed E-state index contributed by atoms with van der Waals surface area (Å²) in [5.74, 6) is -1.02. The molecule has 1 atom stereocenters. The number of halogens is 1. The Morgan fingerprint density at radius 3 is 2.72 bits per heavy atom. The molecule has 136 valence electrons. The summed E-state index contributed by atoms with van der Waals surface area (Å²) < 4.78 is 38.2. The maximum absolute atomic E-state index is 13.4. The lowest BCUT2D eigenvalue weighted by Gasteiger charge is -2.22. The van der Waals surface area contributed by atoms with Gasteiger partial charge in [0.2, 0.25) is 15.9 Å². The third kappa shape index (κ3) is 5.50. The highest BCUT2D eigenvalue weighted by atomic mass is 32.2. The number of carbonyl (C=O) groups excluding carboxylic acids is 1. The van der Waals surface area contributed by atoms with Crippen LogP contribution in [0.15, 0.2) is 29.6 Å². The summed E-state index contributed by atoms with van der Waals surface area (Å²) in [5, 5.41) is 5.54. The topological polar surface area (TPSA) is 79.4 Å². The van der Waals surface area contributed by atoms with Crippen molar-refractivity contribution in [1.29, 1.82) is 0 Å². The van der Waals surface area contributed by atoms with Gasteiger partial charge in [0, 0.05) is 23.5 Å². The second-order valence-electron chi connectivity index (χ2n) is 5.78. The third-order valence-electron chi connectivity index (χ3n) is 3.45. The molecule has 0 bridgehead atoms. The van der Waals surface area contributed by atoms with Crippen LogP contribution in [0.2, 0.25) is 0 Å². The predicted molar refractivity (Wildman–Crippen MR) is 96.9 cm³/mol. The summed E-state index contributed by atoms with van der Waals surface area (Å²) in [6, 6.07) is 5.13. The van der Waals surface area contributed by atoms with E-state index in [2.05, 4.69) is 10.3 Å². The number of nitrogens with one attached hydrogen (secondary N) is 1. The Morgan fingerprint density at radius 2 is 2.16 bits per heavy atom. The van der Waals surface area contributed by atoms with E-state index in [0.29, 0.717) is 6.54 Å². The van der Waals surface area contributed by atoms with Crippen molar-refractivity contribution in [2.45, 2.75) is 19.8 Å². The van der Waals surface area contributed by atoms with Crippen molar-refractivity contribution in [2.24, 2.45) is 0 Å². The molecule has 9 heteroatoms. The van der Waals surface area contributed by atoms with Crippen molar-refractivity contribution < 1.29 is 17.6 Å². The van der Waals surface area contributed by atoms with Crippen molar-refractivity contribution in [3.63, 3.8) is 0 Å². The molecule has 2 rings (SSSR count). The standard InChI is InChI=1S/C16H20FN3O3S2/c1-11(16-19-12(2)10-24-16)8-18-15(21)9-20(25(3,22)23)14-6-4-5-13(17)7-14/h4-7,10-11H,8-9H2,1-3H3,(H,18,21)/t11-/m0/s1. The summed E-state index contributed by atoms with van der Waals surface area (Å²) in [6.45, 7) is 3.76. The fourth-order valence-electron chi connectivity index (χ4n) is 2.17. The second kappa shape index (κ2) is 7.92. The molecule has 0 saturated carbocycles. The summed E-state index contributed by atoms with van der Waals surface area (Å²) in [7, 11) is -3.72. The first kappa shape index (κ1) is 19.3. The maximum Gasteiger partial charge on any atom is 0.240 e. The number of anilines is 1. The highest BCUT2D eigenvalue weighted by Gasteiger charge is 2.21. The lowest BCUT2D eigenvalue weighted by atomic mass is 10.2. The van der Waals surface area contributed by atoms with Crippen LogP contribution in [-0.2, 0) is 14.8 Å². The predicted octanol–water partition coefficient (Wildman–Crippen LogP) is 2.28. The van der Waals surface area contributed by atoms with E-state index in [1.165, 1.54) is 29.5 Å². The lowest BCUT2D eigenvalue weighted by Crippen LogP contribution is -2.41. The Morgan fingerprint density at radius 1 is 1.44 bits per heavy atom. The molecule has 1 aromatic heterocycles. The van der Waals surface area contributed by atoms with Crippen LogP contribution in [0, 0.1) is 12.7 Å². The van der Waals surface area contributed by atoms with Crippen LogP contribution in [0.1, 0.15) is 23.5 Å². The number of carbonyl (C=O) groups is 1. The van der Waals surface area contributed by atoms with Crippen LogP contribution in [0.4, 0.5) is 10.1 Å². The smallest absolute Gasteiger partial charge is 0.240 e. The highest BCUT2D eigenvalue weighted by molar-refractivity contribution is 7.92. The quantitative estimate of drug-likeness (QED) is 0.793. The van der Waals surface area contributed by atoms with Gasteiger partial charge in [-0.1, -0.05) is 13.0 Å². The molecule has 0 aliphatic carbocycles. The molecule has 1 amide bonds. The number of thiazole rings is 1. The van der Waals surface area contributed by atoms with E-state index in [4.69, 9.17) is 0 Å². The average molecular weight is 385 g/mol. The molecule has 25 heavy (non-hydrogen) atoms. The van der Waals surface area contributed by atoms with Crippen LogP contribution >= 0.6 is 11.3 Å². The monoisotopic (exact) mass is 385 g/mol. The van der Waals surface area contributed by atoms with Gasteiger partial charge in [0.1, 0.15) is 12.4 Å². The first-order chi connectivity index (χ1) is 11.7. The number of rotatable bonds is 7. The molecule has 0 unspecified atom stereocenters. The fourth-order valence-corrected chi connectivity index (χ4v) is 3.87. The number of nitrogens with zero attached hydrogens (tertiary/aromatic N) is 2. The molecular weight excluding hydrogens is 365 g/mol. The molecule has 0 aliphatic heterocycles. The molecule has 6 nitrogen and oxygen atoms in total. The minimum Gasteiger partial charge on any atom is -0.354 e. The Balaban J connectivity index is 2.02. The zero-order valence-electron chi connectivity index (χ0n) is 14.2. The minimum absolute atomic E-state index is 0.0171. The first-order valence-corrected chi connectivity index (χ1v) is 10.3.